The Bertz CT molecular complexity index is 881. The van der Waals surface area contributed by atoms with Crippen molar-refractivity contribution in [3.8, 4) is 0 Å². The molecule has 4 aromatic rings. The van der Waals surface area contributed by atoms with Crippen LogP contribution in [0.15, 0.2) is 76.8 Å². The molecule has 4 heterocycles. The fourth-order valence-electron chi connectivity index (χ4n) is 2.74. The fourth-order valence-corrected chi connectivity index (χ4v) is 5.54. The van der Waals surface area contributed by atoms with Crippen LogP contribution in [0.2, 0.25) is 0 Å². The highest BCUT2D eigenvalue weighted by molar-refractivity contribution is 8.76. The van der Waals surface area contributed by atoms with Gasteiger partial charge in [-0.2, -0.15) is 0 Å². The Labute approximate surface area is 159 Å². The zero-order valence-corrected chi connectivity index (χ0v) is 16.1. The van der Waals surface area contributed by atoms with Crippen LogP contribution in [0, 0.1) is 13.8 Å². The number of aryl methyl sites for hydroxylation is 2. The summed E-state index contributed by atoms with van der Waals surface area (Å²) < 4.78 is 22.2. The molecule has 0 bridgehead atoms. The Morgan fingerprint density at radius 2 is 1.15 bits per heavy atom. The van der Waals surface area contributed by atoms with Crippen molar-refractivity contribution in [2.45, 2.75) is 36.5 Å². The molecule has 0 N–H and O–H groups in total. The molecule has 0 spiro atoms. The van der Waals surface area contributed by atoms with Gasteiger partial charge in [0.2, 0.25) is 0 Å². The van der Waals surface area contributed by atoms with Crippen LogP contribution in [-0.4, -0.2) is 0 Å². The van der Waals surface area contributed by atoms with Crippen LogP contribution in [0.3, 0.4) is 0 Å². The summed E-state index contributed by atoms with van der Waals surface area (Å²) in [7, 11) is 3.38. The highest BCUT2D eigenvalue weighted by Gasteiger charge is 2.18. The molecule has 4 aromatic heterocycles. The zero-order chi connectivity index (χ0) is 17.9. The molecular weight excluding hydrogens is 368 g/mol. The Morgan fingerprint density at radius 3 is 1.54 bits per heavy atom. The monoisotopic (exact) mass is 386 g/mol. The lowest BCUT2D eigenvalue weighted by Crippen LogP contribution is -1.87. The predicted molar refractivity (Wildman–Crippen MR) is 102 cm³/mol. The van der Waals surface area contributed by atoms with Gasteiger partial charge in [-0.05, 0) is 59.7 Å². The molecule has 0 radical (unpaired) electrons. The van der Waals surface area contributed by atoms with Gasteiger partial charge in [-0.25, -0.2) is 0 Å². The highest BCUT2D eigenvalue weighted by Crippen LogP contribution is 2.45. The summed E-state index contributed by atoms with van der Waals surface area (Å²) >= 11 is 0. The van der Waals surface area contributed by atoms with Crippen LogP contribution in [0.5, 0.6) is 0 Å². The maximum atomic E-state index is 5.65. The summed E-state index contributed by atoms with van der Waals surface area (Å²) in [5.41, 5.74) is 2.26. The quantitative estimate of drug-likeness (QED) is 0.331. The summed E-state index contributed by atoms with van der Waals surface area (Å²) in [6, 6.07) is 7.76. The van der Waals surface area contributed by atoms with Crippen LogP contribution < -0.4 is 0 Å². The lowest BCUT2D eigenvalue weighted by Gasteiger charge is -2.04. The number of furan rings is 4. The first-order chi connectivity index (χ1) is 12.7. The second kappa shape index (κ2) is 7.60. The summed E-state index contributed by atoms with van der Waals surface area (Å²) in [6.45, 7) is 3.97. The number of rotatable bonds is 7. The van der Waals surface area contributed by atoms with E-state index < -0.39 is 0 Å². The van der Waals surface area contributed by atoms with E-state index in [1.54, 1.807) is 34.1 Å². The Morgan fingerprint density at radius 1 is 0.692 bits per heavy atom. The summed E-state index contributed by atoms with van der Waals surface area (Å²) in [5, 5.41) is 0. The van der Waals surface area contributed by atoms with Gasteiger partial charge < -0.3 is 17.7 Å². The average Bonchev–Trinajstić information content (AvgIpc) is 3.41. The van der Waals surface area contributed by atoms with Gasteiger partial charge in [0.25, 0.3) is 0 Å². The third kappa shape index (κ3) is 3.66. The van der Waals surface area contributed by atoms with E-state index in [4.69, 9.17) is 17.7 Å². The summed E-state index contributed by atoms with van der Waals surface area (Å²) in [6.07, 6.45) is 8.45. The van der Waals surface area contributed by atoms with E-state index in [9.17, 15) is 0 Å². The first-order valence-corrected chi connectivity index (χ1v) is 10.4. The minimum Gasteiger partial charge on any atom is -0.469 e. The van der Waals surface area contributed by atoms with Gasteiger partial charge in [-0.3, -0.25) is 0 Å². The van der Waals surface area contributed by atoms with Crippen LogP contribution in [0.4, 0.5) is 0 Å². The van der Waals surface area contributed by atoms with Gasteiger partial charge in [0, 0.05) is 24.0 Å². The SMILES string of the molecule is Cc1occ(Cc2ccco2)c1SSc1c(Cc2ccco2)coc1C. The van der Waals surface area contributed by atoms with Gasteiger partial charge in [0.1, 0.15) is 23.0 Å². The van der Waals surface area contributed by atoms with Crippen LogP contribution in [0.1, 0.15) is 34.2 Å². The first-order valence-electron chi connectivity index (χ1n) is 8.24. The van der Waals surface area contributed by atoms with Crippen molar-refractivity contribution in [3.05, 3.63) is 83.5 Å². The smallest absolute Gasteiger partial charge is 0.115 e. The average molecular weight is 386 g/mol. The van der Waals surface area contributed by atoms with E-state index in [0.29, 0.717) is 0 Å². The molecule has 0 aliphatic heterocycles. The van der Waals surface area contributed by atoms with Crippen molar-refractivity contribution in [1.82, 2.24) is 0 Å². The van der Waals surface area contributed by atoms with Crippen molar-refractivity contribution in [3.63, 3.8) is 0 Å². The molecule has 26 heavy (non-hydrogen) atoms. The molecule has 0 saturated carbocycles. The third-order valence-electron chi connectivity index (χ3n) is 4.08. The van der Waals surface area contributed by atoms with E-state index >= 15 is 0 Å². The van der Waals surface area contributed by atoms with Crippen molar-refractivity contribution in [1.29, 1.82) is 0 Å². The van der Waals surface area contributed by atoms with E-state index in [1.165, 1.54) is 0 Å². The van der Waals surface area contributed by atoms with E-state index in [2.05, 4.69) is 0 Å². The van der Waals surface area contributed by atoms with E-state index in [-0.39, 0.29) is 0 Å². The molecule has 0 amide bonds. The number of hydrogen-bond acceptors (Lipinski definition) is 6. The van der Waals surface area contributed by atoms with Crippen molar-refractivity contribution in [2.75, 3.05) is 0 Å². The molecule has 4 rings (SSSR count). The van der Waals surface area contributed by atoms with E-state index in [1.807, 2.05) is 50.6 Å². The van der Waals surface area contributed by atoms with Crippen molar-refractivity contribution < 1.29 is 17.7 Å². The second-order valence-corrected chi connectivity index (χ2v) is 8.12. The Balaban J connectivity index is 1.51. The van der Waals surface area contributed by atoms with Crippen LogP contribution in [0.25, 0.3) is 0 Å². The lowest BCUT2D eigenvalue weighted by molar-refractivity contribution is 0.513. The number of hydrogen-bond donors (Lipinski definition) is 0. The van der Waals surface area contributed by atoms with Crippen LogP contribution in [-0.2, 0) is 12.8 Å². The first kappa shape index (κ1) is 17.2. The molecule has 4 nitrogen and oxygen atoms in total. The molecule has 0 fully saturated rings. The Hall–Kier alpha value is -2.18. The molecule has 0 aliphatic rings. The highest BCUT2D eigenvalue weighted by atomic mass is 33.1. The lowest BCUT2D eigenvalue weighted by atomic mass is 10.2. The molecule has 0 atom stereocenters. The normalized spacial score (nSPS) is 11.3. The molecular formula is C20H18O4S2. The summed E-state index contributed by atoms with van der Waals surface area (Å²) in [4.78, 5) is 2.27. The maximum absolute atomic E-state index is 5.65. The molecule has 6 heteroatoms. The molecule has 0 saturated heterocycles. The fraction of sp³-hybridized carbons (Fsp3) is 0.200. The maximum Gasteiger partial charge on any atom is 0.115 e. The Kier molecular flexibility index (Phi) is 5.04. The predicted octanol–water partition coefficient (Wildman–Crippen LogP) is 6.66. The molecule has 0 unspecified atom stereocenters. The molecule has 134 valence electrons. The van der Waals surface area contributed by atoms with Gasteiger partial charge in [0.15, 0.2) is 0 Å². The standard InChI is InChI=1S/C20H18O4S2/c1-13-19(15(11-23-13)9-17-5-3-7-21-17)25-26-20-14(2)24-12-16(20)10-18-6-4-8-22-18/h3-8,11-12H,9-10H2,1-2H3. The van der Waals surface area contributed by atoms with Crippen molar-refractivity contribution >= 4 is 21.6 Å². The van der Waals surface area contributed by atoms with Gasteiger partial charge >= 0.3 is 0 Å². The van der Waals surface area contributed by atoms with Gasteiger partial charge in [0.05, 0.1) is 34.8 Å². The molecule has 0 aromatic carbocycles. The van der Waals surface area contributed by atoms with E-state index in [0.717, 1.165) is 56.8 Å². The third-order valence-corrected chi connectivity index (χ3v) is 6.84. The topological polar surface area (TPSA) is 52.6 Å². The minimum atomic E-state index is 0.719. The molecule has 0 aliphatic carbocycles. The summed E-state index contributed by atoms with van der Waals surface area (Å²) in [5.74, 6) is 3.68. The second-order valence-electron chi connectivity index (χ2n) is 5.97. The van der Waals surface area contributed by atoms with Gasteiger partial charge in [-0.15, -0.1) is 0 Å². The van der Waals surface area contributed by atoms with Gasteiger partial charge in [-0.1, -0.05) is 0 Å². The van der Waals surface area contributed by atoms with Crippen molar-refractivity contribution in [2.24, 2.45) is 0 Å². The minimum absolute atomic E-state index is 0.719. The van der Waals surface area contributed by atoms with Crippen LogP contribution >= 0.6 is 21.6 Å². The zero-order valence-electron chi connectivity index (χ0n) is 14.5. The largest absolute Gasteiger partial charge is 0.469 e.